The molecule has 2 aromatic rings. The molecule has 5 rings (SSSR count). The van der Waals surface area contributed by atoms with Crippen LogP contribution in [0.25, 0.3) is 0 Å². The van der Waals surface area contributed by atoms with Crippen molar-refractivity contribution in [1.29, 1.82) is 0 Å². The molecule has 0 bridgehead atoms. The summed E-state index contributed by atoms with van der Waals surface area (Å²) in [6, 6.07) is 11.7. The predicted octanol–water partition coefficient (Wildman–Crippen LogP) is 2.64. The summed E-state index contributed by atoms with van der Waals surface area (Å²) < 4.78 is 11.0. The summed E-state index contributed by atoms with van der Waals surface area (Å²) in [5.74, 6) is 2.33. The summed E-state index contributed by atoms with van der Waals surface area (Å²) in [6.07, 6.45) is 4.05. The van der Waals surface area contributed by atoms with E-state index in [2.05, 4.69) is 31.5 Å². The topological polar surface area (TPSA) is 91.3 Å². The number of carbonyl (C=O) groups is 1. The number of aliphatic imine (C=N–C) groups is 1. The number of pyridine rings is 1. The molecule has 2 N–H and O–H groups in total. The van der Waals surface area contributed by atoms with Crippen molar-refractivity contribution < 1.29 is 14.3 Å². The zero-order valence-electron chi connectivity index (χ0n) is 18.7. The van der Waals surface area contributed by atoms with Gasteiger partial charge in [0.15, 0.2) is 0 Å². The third kappa shape index (κ3) is 4.49. The molecule has 0 spiro atoms. The van der Waals surface area contributed by atoms with Crippen molar-refractivity contribution in [1.82, 2.24) is 20.5 Å². The number of guanidine groups is 1. The van der Waals surface area contributed by atoms with E-state index < -0.39 is 6.09 Å². The summed E-state index contributed by atoms with van der Waals surface area (Å²) in [4.78, 5) is 25.6. The van der Waals surface area contributed by atoms with E-state index in [1.54, 1.807) is 18.5 Å². The highest BCUT2D eigenvalue weighted by Gasteiger charge is 2.35. The smallest absolute Gasteiger partial charge is 0.410 e. The van der Waals surface area contributed by atoms with E-state index in [1.165, 1.54) is 5.57 Å². The average molecular weight is 449 g/mol. The lowest BCUT2D eigenvalue weighted by Crippen LogP contribution is -2.50. The van der Waals surface area contributed by atoms with Gasteiger partial charge >= 0.3 is 6.09 Å². The normalized spacial score (nSPS) is 20.2. The van der Waals surface area contributed by atoms with Crippen molar-refractivity contribution in [3.63, 3.8) is 0 Å². The number of nitrogens with one attached hydrogen (secondary N) is 2. The lowest BCUT2D eigenvalue weighted by Gasteiger charge is -2.36. The SMILES string of the molecule is CCNC(=O)Oc1cccc(C2NC(N3CCOCC3)=NC3=C2CCN3c2ccncc2)c1. The van der Waals surface area contributed by atoms with E-state index in [0.29, 0.717) is 25.5 Å². The number of hydrogen-bond acceptors (Lipinski definition) is 8. The van der Waals surface area contributed by atoms with Gasteiger partial charge < -0.3 is 29.9 Å². The van der Waals surface area contributed by atoms with E-state index in [-0.39, 0.29) is 6.04 Å². The molecule has 1 aromatic heterocycles. The van der Waals surface area contributed by atoms with Gasteiger partial charge in [-0.1, -0.05) is 12.1 Å². The van der Waals surface area contributed by atoms with Gasteiger partial charge in [0.05, 0.1) is 19.3 Å². The molecular weight excluding hydrogens is 420 g/mol. The van der Waals surface area contributed by atoms with E-state index in [4.69, 9.17) is 14.5 Å². The van der Waals surface area contributed by atoms with Gasteiger partial charge in [-0.05, 0) is 43.2 Å². The molecule has 0 radical (unpaired) electrons. The van der Waals surface area contributed by atoms with Gasteiger partial charge in [-0.25, -0.2) is 4.79 Å². The molecule has 33 heavy (non-hydrogen) atoms. The standard InChI is InChI=1S/C24H28N6O3/c1-2-26-24(31)33-19-5-3-4-17(16-19)21-20-8-11-30(18-6-9-25-10-7-18)22(20)28-23(27-21)29-12-14-32-15-13-29/h3-7,9-10,16,21H,2,8,11-15H2,1H3,(H,26,31)(H,27,28). The summed E-state index contributed by atoms with van der Waals surface area (Å²) in [5.41, 5.74) is 3.33. The van der Waals surface area contributed by atoms with Crippen molar-refractivity contribution in [2.75, 3.05) is 44.3 Å². The number of morpholine rings is 1. The van der Waals surface area contributed by atoms with Gasteiger partial charge in [0.25, 0.3) is 0 Å². The van der Waals surface area contributed by atoms with Crippen LogP contribution in [0.2, 0.25) is 0 Å². The quantitative estimate of drug-likeness (QED) is 0.743. The Morgan fingerprint density at radius 1 is 1.21 bits per heavy atom. The number of hydrogen-bond donors (Lipinski definition) is 2. The van der Waals surface area contributed by atoms with Crippen molar-refractivity contribution in [2.45, 2.75) is 19.4 Å². The van der Waals surface area contributed by atoms with Crippen LogP contribution in [0.1, 0.15) is 24.9 Å². The Balaban J connectivity index is 1.50. The predicted molar refractivity (Wildman–Crippen MR) is 125 cm³/mol. The summed E-state index contributed by atoms with van der Waals surface area (Å²) in [7, 11) is 0. The lowest BCUT2D eigenvalue weighted by molar-refractivity contribution is 0.0661. The lowest BCUT2D eigenvalue weighted by atomic mass is 9.96. The Kier molecular flexibility index (Phi) is 6.12. The van der Waals surface area contributed by atoms with Gasteiger partial charge in [0.2, 0.25) is 5.96 Å². The summed E-state index contributed by atoms with van der Waals surface area (Å²) >= 11 is 0. The van der Waals surface area contributed by atoms with E-state index in [1.807, 2.05) is 31.2 Å². The monoisotopic (exact) mass is 448 g/mol. The maximum atomic E-state index is 11.9. The fraction of sp³-hybridized carbons (Fsp3) is 0.375. The van der Waals surface area contributed by atoms with Gasteiger partial charge in [-0.15, -0.1) is 0 Å². The molecule has 1 amide bonds. The van der Waals surface area contributed by atoms with Gasteiger partial charge in [-0.2, -0.15) is 4.99 Å². The molecule has 1 saturated heterocycles. The summed E-state index contributed by atoms with van der Waals surface area (Å²) in [5, 5.41) is 6.32. The molecule has 172 valence electrons. The first-order valence-electron chi connectivity index (χ1n) is 11.4. The van der Waals surface area contributed by atoms with Crippen molar-refractivity contribution in [3.05, 3.63) is 65.7 Å². The van der Waals surface area contributed by atoms with Gasteiger partial charge in [0.1, 0.15) is 11.6 Å². The molecule has 1 atom stereocenters. The molecule has 3 aliphatic rings. The van der Waals surface area contributed by atoms with Crippen molar-refractivity contribution in [3.8, 4) is 5.75 Å². The number of aromatic nitrogens is 1. The largest absolute Gasteiger partial charge is 0.412 e. The molecule has 1 unspecified atom stereocenters. The van der Waals surface area contributed by atoms with Crippen LogP contribution in [0, 0.1) is 0 Å². The summed E-state index contributed by atoms with van der Waals surface area (Å²) in [6.45, 7) is 6.17. The minimum Gasteiger partial charge on any atom is -0.410 e. The van der Waals surface area contributed by atoms with Gasteiger partial charge in [-0.3, -0.25) is 4.98 Å². The van der Waals surface area contributed by atoms with Crippen LogP contribution in [-0.4, -0.2) is 61.3 Å². The Labute approximate surface area is 193 Å². The Morgan fingerprint density at radius 2 is 2.03 bits per heavy atom. The van der Waals surface area contributed by atoms with E-state index in [9.17, 15) is 4.79 Å². The van der Waals surface area contributed by atoms with Crippen LogP contribution in [0.15, 0.2) is 65.2 Å². The van der Waals surface area contributed by atoms with Crippen LogP contribution < -0.4 is 20.3 Å². The maximum absolute atomic E-state index is 11.9. The molecule has 0 saturated carbocycles. The fourth-order valence-electron chi connectivity index (χ4n) is 4.42. The van der Waals surface area contributed by atoms with Gasteiger partial charge in [0, 0.05) is 49.8 Å². The van der Waals surface area contributed by atoms with Crippen molar-refractivity contribution >= 4 is 17.7 Å². The second-order valence-corrected chi connectivity index (χ2v) is 8.06. The number of amides is 1. The number of benzene rings is 1. The highest BCUT2D eigenvalue weighted by molar-refractivity contribution is 5.84. The van der Waals surface area contributed by atoms with Crippen LogP contribution >= 0.6 is 0 Å². The van der Waals surface area contributed by atoms with Crippen LogP contribution in [-0.2, 0) is 4.74 Å². The highest BCUT2D eigenvalue weighted by Crippen LogP contribution is 2.39. The number of anilines is 1. The Bertz CT molecular complexity index is 1060. The molecule has 9 heteroatoms. The van der Waals surface area contributed by atoms with E-state index >= 15 is 0 Å². The number of nitrogens with zero attached hydrogens (tertiary/aromatic N) is 4. The molecular formula is C24H28N6O3. The molecule has 1 fully saturated rings. The van der Waals surface area contributed by atoms with E-state index in [0.717, 1.165) is 49.1 Å². The molecule has 3 aliphatic heterocycles. The number of carbonyl (C=O) groups excluding carboxylic acids is 1. The maximum Gasteiger partial charge on any atom is 0.412 e. The molecule has 9 nitrogen and oxygen atoms in total. The number of rotatable bonds is 4. The second kappa shape index (κ2) is 9.50. The molecule has 1 aromatic carbocycles. The minimum atomic E-state index is -0.452. The molecule has 0 aliphatic carbocycles. The Morgan fingerprint density at radius 3 is 2.82 bits per heavy atom. The van der Waals surface area contributed by atoms with Crippen LogP contribution in [0.3, 0.4) is 0 Å². The first kappa shape index (κ1) is 21.3. The first-order valence-corrected chi connectivity index (χ1v) is 11.4. The highest BCUT2D eigenvalue weighted by atomic mass is 16.6. The zero-order valence-corrected chi connectivity index (χ0v) is 18.7. The molecule has 4 heterocycles. The number of ether oxygens (including phenoxy) is 2. The fourth-order valence-corrected chi connectivity index (χ4v) is 4.42. The third-order valence-electron chi connectivity index (χ3n) is 5.99. The van der Waals surface area contributed by atoms with Crippen LogP contribution in [0.4, 0.5) is 10.5 Å². The second-order valence-electron chi connectivity index (χ2n) is 8.06. The minimum absolute atomic E-state index is 0.0695. The zero-order chi connectivity index (χ0) is 22.6. The Hall–Kier alpha value is -3.59. The van der Waals surface area contributed by atoms with Crippen LogP contribution in [0.5, 0.6) is 5.75 Å². The average Bonchev–Trinajstić information content (AvgIpc) is 3.29. The third-order valence-corrected chi connectivity index (χ3v) is 5.99. The van der Waals surface area contributed by atoms with Crippen molar-refractivity contribution in [2.24, 2.45) is 4.99 Å². The first-order chi connectivity index (χ1) is 16.2.